The van der Waals surface area contributed by atoms with Crippen molar-refractivity contribution < 1.29 is 13.2 Å². The first-order valence-electron chi connectivity index (χ1n) is 10.3. The number of carbonyl (C=O) groups is 1. The zero-order valence-electron chi connectivity index (χ0n) is 17.7. The Kier molecular flexibility index (Phi) is 6.23. The summed E-state index contributed by atoms with van der Waals surface area (Å²) < 4.78 is 27.9. The molecular weight excluding hydrogens is 424 g/mol. The van der Waals surface area contributed by atoms with Gasteiger partial charge in [0.1, 0.15) is 5.82 Å². The van der Waals surface area contributed by atoms with Crippen LogP contribution in [0.4, 0.5) is 5.69 Å². The normalized spacial score (nSPS) is 11.4. The summed E-state index contributed by atoms with van der Waals surface area (Å²) in [5.74, 6) is 0.386. The van der Waals surface area contributed by atoms with E-state index in [9.17, 15) is 13.2 Å². The van der Waals surface area contributed by atoms with Gasteiger partial charge in [-0.1, -0.05) is 48.0 Å². The molecule has 4 rings (SSSR count). The minimum Gasteiger partial charge on any atom is -0.349 e. The molecule has 0 aliphatic carbocycles. The SMILES string of the molecule is Cc1ccc(S(=O)(=O)N(CCC(=O)NCc2nc3ccccc3[nH]2)c2ccccc2)cc1. The van der Waals surface area contributed by atoms with Crippen LogP contribution in [-0.4, -0.2) is 30.8 Å². The molecule has 0 atom stereocenters. The Bertz CT molecular complexity index is 1280. The molecule has 8 heteroatoms. The second-order valence-corrected chi connectivity index (χ2v) is 9.32. The lowest BCUT2D eigenvalue weighted by Crippen LogP contribution is -2.35. The molecule has 1 heterocycles. The molecule has 3 aromatic carbocycles. The van der Waals surface area contributed by atoms with E-state index < -0.39 is 10.0 Å². The maximum absolute atomic E-state index is 13.3. The molecule has 1 amide bonds. The van der Waals surface area contributed by atoms with Crippen LogP contribution in [0.1, 0.15) is 17.8 Å². The fraction of sp³-hybridized carbons (Fsp3) is 0.167. The standard InChI is InChI=1S/C24H24N4O3S/c1-18-11-13-20(14-12-18)32(30,31)28(19-7-3-2-4-8-19)16-15-24(29)25-17-23-26-21-9-5-6-10-22(21)27-23/h2-14H,15-17H2,1H3,(H,25,29)(H,26,27). The number of imidazole rings is 1. The highest BCUT2D eigenvalue weighted by molar-refractivity contribution is 7.92. The van der Waals surface area contributed by atoms with Crippen LogP contribution in [0.3, 0.4) is 0 Å². The van der Waals surface area contributed by atoms with Crippen LogP contribution in [-0.2, 0) is 21.4 Å². The van der Waals surface area contributed by atoms with Crippen LogP contribution in [0.15, 0.2) is 83.8 Å². The van der Waals surface area contributed by atoms with Crippen LogP contribution in [0.2, 0.25) is 0 Å². The van der Waals surface area contributed by atoms with E-state index >= 15 is 0 Å². The van der Waals surface area contributed by atoms with E-state index in [1.165, 1.54) is 4.31 Å². The maximum atomic E-state index is 13.3. The van der Waals surface area contributed by atoms with Crippen LogP contribution in [0.25, 0.3) is 11.0 Å². The third kappa shape index (κ3) is 4.81. The smallest absolute Gasteiger partial charge is 0.264 e. The maximum Gasteiger partial charge on any atom is 0.264 e. The molecule has 0 bridgehead atoms. The monoisotopic (exact) mass is 448 g/mol. The van der Waals surface area contributed by atoms with Gasteiger partial charge in [0, 0.05) is 13.0 Å². The van der Waals surface area contributed by atoms with Crippen molar-refractivity contribution in [1.29, 1.82) is 0 Å². The average Bonchev–Trinajstić information content (AvgIpc) is 3.22. The summed E-state index contributed by atoms with van der Waals surface area (Å²) in [5.41, 5.74) is 3.21. The van der Waals surface area contributed by atoms with E-state index in [0.29, 0.717) is 11.5 Å². The average molecular weight is 449 g/mol. The van der Waals surface area contributed by atoms with Gasteiger partial charge in [-0.2, -0.15) is 0 Å². The van der Waals surface area contributed by atoms with E-state index in [-0.39, 0.29) is 30.3 Å². The Morgan fingerprint density at radius 3 is 2.38 bits per heavy atom. The third-order valence-corrected chi connectivity index (χ3v) is 6.93. The summed E-state index contributed by atoms with van der Waals surface area (Å²) in [6.07, 6.45) is 0.0141. The molecule has 4 aromatic rings. The molecular formula is C24H24N4O3S. The number of H-pyrrole nitrogens is 1. The molecule has 32 heavy (non-hydrogen) atoms. The van der Waals surface area contributed by atoms with E-state index in [0.717, 1.165) is 16.6 Å². The zero-order chi connectivity index (χ0) is 22.6. The van der Waals surface area contributed by atoms with Gasteiger partial charge >= 0.3 is 0 Å². The zero-order valence-corrected chi connectivity index (χ0v) is 18.5. The van der Waals surface area contributed by atoms with Crippen molar-refractivity contribution in [1.82, 2.24) is 15.3 Å². The third-order valence-electron chi connectivity index (χ3n) is 5.09. The summed E-state index contributed by atoms with van der Waals surface area (Å²) in [6.45, 7) is 2.16. The quantitative estimate of drug-likeness (QED) is 0.429. The van der Waals surface area contributed by atoms with Crippen molar-refractivity contribution in [2.45, 2.75) is 24.8 Å². The molecule has 2 N–H and O–H groups in total. The number of hydrogen-bond donors (Lipinski definition) is 2. The van der Waals surface area contributed by atoms with Crippen molar-refractivity contribution in [2.75, 3.05) is 10.8 Å². The van der Waals surface area contributed by atoms with Crippen LogP contribution in [0.5, 0.6) is 0 Å². The van der Waals surface area contributed by atoms with E-state index in [4.69, 9.17) is 0 Å². The summed E-state index contributed by atoms with van der Waals surface area (Å²) in [4.78, 5) is 20.3. The Hall–Kier alpha value is -3.65. The molecule has 7 nitrogen and oxygen atoms in total. The summed E-state index contributed by atoms with van der Waals surface area (Å²) in [7, 11) is -3.82. The number of sulfonamides is 1. The molecule has 0 fully saturated rings. The molecule has 0 saturated carbocycles. The number of aromatic amines is 1. The van der Waals surface area contributed by atoms with Gasteiger partial charge in [-0.3, -0.25) is 9.10 Å². The molecule has 0 aliphatic rings. The second kappa shape index (κ2) is 9.23. The van der Waals surface area contributed by atoms with E-state index in [1.54, 1.807) is 48.5 Å². The lowest BCUT2D eigenvalue weighted by atomic mass is 10.2. The number of nitrogens with zero attached hydrogens (tertiary/aromatic N) is 2. The molecule has 0 unspecified atom stereocenters. The number of para-hydroxylation sites is 3. The fourth-order valence-electron chi connectivity index (χ4n) is 3.38. The van der Waals surface area contributed by atoms with Crippen molar-refractivity contribution in [2.24, 2.45) is 0 Å². The Balaban J connectivity index is 1.46. The number of hydrogen-bond acceptors (Lipinski definition) is 4. The summed E-state index contributed by atoms with van der Waals surface area (Å²) >= 11 is 0. The van der Waals surface area contributed by atoms with Gasteiger partial charge in [0.15, 0.2) is 0 Å². The molecule has 1 aromatic heterocycles. The highest BCUT2D eigenvalue weighted by Gasteiger charge is 2.25. The largest absolute Gasteiger partial charge is 0.349 e. The predicted molar refractivity (Wildman–Crippen MR) is 125 cm³/mol. The van der Waals surface area contributed by atoms with Crippen LogP contribution < -0.4 is 9.62 Å². The van der Waals surface area contributed by atoms with Crippen LogP contribution >= 0.6 is 0 Å². The first-order valence-corrected chi connectivity index (χ1v) is 11.7. The number of rotatable bonds is 8. The molecule has 0 saturated heterocycles. The Labute approximate surface area is 187 Å². The van der Waals surface area contributed by atoms with Crippen molar-refractivity contribution in [3.63, 3.8) is 0 Å². The van der Waals surface area contributed by atoms with Gasteiger partial charge in [-0.15, -0.1) is 0 Å². The van der Waals surface area contributed by atoms with E-state index in [1.807, 2.05) is 37.3 Å². The highest BCUT2D eigenvalue weighted by atomic mass is 32.2. The number of carbonyl (C=O) groups excluding carboxylic acids is 1. The Morgan fingerprint density at radius 2 is 1.66 bits per heavy atom. The number of nitrogens with one attached hydrogen (secondary N) is 2. The van der Waals surface area contributed by atoms with Gasteiger partial charge in [-0.25, -0.2) is 13.4 Å². The number of aromatic nitrogens is 2. The molecule has 0 spiro atoms. The predicted octanol–water partition coefficient (Wildman–Crippen LogP) is 3.77. The summed E-state index contributed by atoms with van der Waals surface area (Å²) in [6, 6.07) is 23.1. The van der Waals surface area contributed by atoms with Crippen LogP contribution in [0, 0.1) is 6.92 Å². The first kappa shape index (κ1) is 21.6. The Morgan fingerprint density at radius 1 is 0.969 bits per heavy atom. The van der Waals surface area contributed by atoms with Gasteiger partial charge in [0.05, 0.1) is 28.2 Å². The molecule has 164 valence electrons. The van der Waals surface area contributed by atoms with Crippen molar-refractivity contribution in [3.05, 3.63) is 90.3 Å². The molecule has 0 aliphatic heterocycles. The van der Waals surface area contributed by atoms with Crippen molar-refractivity contribution in [3.8, 4) is 0 Å². The van der Waals surface area contributed by atoms with Gasteiger partial charge < -0.3 is 10.3 Å². The lowest BCUT2D eigenvalue weighted by Gasteiger charge is -2.24. The number of benzene rings is 3. The van der Waals surface area contributed by atoms with Gasteiger partial charge in [0.25, 0.3) is 10.0 Å². The number of aryl methyl sites for hydroxylation is 1. The minimum atomic E-state index is -3.82. The first-order chi connectivity index (χ1) is 15.4. The number of amides is 1. The van der Waals surface area contributed by atoms with E-state index in [2.05, 4.69) is 15.3 Å². The van der Waals surface area contributed by atoms with Crippen molar-refractivity contribution >= 4 is 32.7 Å². The number of anilines is 1. The highest BCUT2D eigenvalue weighted by Crippen LogP contribution is 2.24. The minimum absolute atomic E-state index is 0.0141. The van der Waals surface area contributed by atoms with Gasteiger partial charge in [-0.05, 0) is 43.3 Å². The van der Waals surface area contributed by atoms with Gasteiger partial charge in [0.2, 0.25) is 5.91 Å². The molecule has 0 radical (unpaired) electrons. The lowest BCUT2D eigenvalue weighted by molar-refractivity contribution is -0.121. The summed E-state index contributed by atoms with van der Waals surface area (Å²) in [5, 5.41) is 2.81. The number of fused-ring (bicyclic) bond motifs is 1. The topological polar surface area (TPSA) is 95.2 Å². The fourth-order valence-corrected chi connectivity index (χ4v) is 4.85. The second-order valence-electron chi connectivity index (χ2n) is 7.45.